The molecule has 1 aromatic carbocycles. The number of nitrogens with zero attached hydrogens (tertiary/aromatic N) is 1. The summed E-state index contributed by atoms with van der Waals surface area (Å²) in [5.74, 6) is -0.0255. The normalized spacial score (nSPS) is 24.1. The molecular weight excluding hydrogens is 218 g/mol. The minimum absolute atomic E-state index is 0.0255. The van der Waals surface area contributed by atoms with Crippen molar-refractivity contribution in [2.75, 3.05) is 19.7 Å². The summed E-state index contributed by atoms with van der Waals surface area (Å²) in [6.45, 7) is 1.45. The van der Waals surface area contributed by atoms with E-state index in [0.717, 1.165) is 12.0 Å². The van der Waals surface area contributed by atoms with E-state index in [0.29, 0.717) is 19.7 Å². The molecule has 1 N–H and O–H groups in total. The molecule has 0 spiro atoms. The maximum absolute atomic E-state index is 12.2. The molecule has 2 heterocycles. The minimum atomic E-state index is -0.479. The number of hydrogen-bond donors (Lipinski definition) is 1. The summed E-state index contributed by atoms with van der Waals surface area (Å²) in [4.78, 5) is 13.8. The van der Waals surface area contributed by atoms with Gasteiger partial charge in [-0.25, -0.2) is 0 Å². The average Bonchev–Trinajstić information content (AvgIpc) is 2.33. The first-order valence-electron chi connectivity index (χ1n) is 5.92. The van der Waals surface area contributed by atoms with Gasteiger partial charge in [0.05, 0.1) is 12.7 Å². The molecule has 17 heavy (non-hydrogen) atoms. The predicted octanol–water partition coefficient (Wildman–Crippen LogP) is 0.503. The second-order valence-electron chi connectivity index (χ2n) is 4.60. The molecule has 1 aromatic rings. The molecule has 0 bridgehead atoms. The summed E-state index contributed by atoms with van der Waals surface area (Å²) >= 11 is 0. The van der Waals surface area contributed by atoms with Gasteiger partial charge in [-0.15, -0.1) is 0 Å². The molecule has 0 aliphatic carbocycles. The Bertz CT molecular complexity index is 440. The van der Waals surface area contributed by atoms with Crippen LogP contribution in [0, 0.1) is 0 Å². The number of aliphatic hydroxyl groups excluding tert-OH is 1. The van der Waals surface area contributed by atoms with Crippen LogP contribution in [-0.2, 0) is 16.0 Å². The lowest BCUT2D eigenvalue weighted by atomic mass is 9.96. The van der Waals surface area contributed by atoms with Crippen molar-refractivity contribution in [3.8, 4) is 0 Å². The molecule has 2 aliphatic rings. The molecule has 4 heteroatoms. The summed E-state index contributed by atoms with van der Waals surface area (Å²) in [7, 11) is 0. The molecule has 1 saturated heterocycles. The number of benzene rings is 1. The first-order chi connectivity index (χ1) is 8.25. The lowest BCUT2D eigenvalue weighted by Crippen LogP contribution is -2.55. The van der Waals surface area contributed by atoms with Crippen molar-refractivity contribution >= 4 is 5.91 Å². The standard InChI is InChI=1S/C13H15NO3/c15-10-7-14(8-10)13(16)12-11-4-2-1-3-9(11)5-6-17-12/h1-4,10,12,15H,5-8H2. The molecule has 0 saturated carbocycles. The minimum Gasteiger partial charge on any atom is -0.389 e. The van der Waals surface area contributed by atoms with Gasteiger partial charge in [0, 0.05) is 13.1 Å². The van der Waals surface area contributed by atoms with Crippen molar-refractivity contribution in [2.45, 2.75) is 18.6 Å². The molecule has 2 aliphatic heterocycles. The Morgan fingerprint density at radius 3 is 2.88 bits per heavy atom. The maximum atomic E-state index is 12.2. The molecule has 0 aromatic heterocycles. The Labute approximate surface area is 99.8 Å². The van der Waals surface area contributed by atoms with E-state index in [4.69, 9.17) is 4.74 Å². The quantitative estimate of drug-likeness (QED) is 0.768. The molecule has 0 radical (unpaired) electrons. The van der Waals surface area contributed by atoms with Gasteiger partial charge < -0.3 is 14.7 Å². The number of carbonyl (C=O) groups is 1. The van der Waals surface area contributed by atoms with E-state index in [1.165, 1.54) is 5.56 Å². The van der Waals surface area contributed by atoms with E-state index in [9.17, 15) is 9.90 Å². The number of amides is 1. The summed E-state index contributed by atoms with van der Waals surface area (Å²) in [6.07, 6.45) is 0.0213. The monoisotopic (exact) mass is 233 g/mol. The zero-order valence-corrected chi connectivity index (χ0v) is 9.50. The number of likely N-dealkylation sites (tertiary alicyclic amines) is 1. The zero-order chi connectivity index (χ0) is 11.8. The van der Waals surface area contributed by atoms with Crippen molar-refractivity contribution in [1.29, 1.82) is 0 Å². The Morgan fingerprint density at radius 2 is 2.12 bits per heavy atom. The fraction of sp³-hybridized carbons (Fsp3) is 0.462. The summed E-state index contributed by atoms with van der Waals surface area (Å²) in [5, 5.41) is 9.23. The van der Waals surface area contributed by atoms with Crippen LogP contribution in [0.15, 0.2) is 24.3 Å². The summed E-state index contributed by atoms with van der Waals surface area (Å²) in [6, 6.07) is 7.91. The van der Waals surface area contributed by atoms with E-state index in [1.807, 2.05) is 24.3 Å². The molecule has 1 unspecified atom stereocenters. The first-order valence-corrected chi connectivity index (χ1v) is 5.92. The van der Waals surface area contributed by atoms with Crippen molar-refractivity contribution in [2.24, 2.45) is 0 Å². The van der Waals surface area contributed by atoms with E-state index in [1.54, 1.807) is 4.90 Å². The van der Waals surface area contributed by atoms with Crippen LogP contribution < -0.4 is 0 Å². The highest BCUT2D eigenvalue weighted by Crippen LogP contribution is 2.29. The molecule has 3 rings (SSSR count). The Balaban J connectivity index is 1.83. The van der Waals surface area contributed by atoms with Gasteiger partial charge in [0.2, 0.25) is 0 Å². The van der Waals surface area contributed by atoms with Crippen LogP contribution in [0.3, 0.4) is 0 Å². The van der Waals surface area contributed by atoms with Crippen LogP contribution >= 0.6 is 0 Å². The molecule has 1 fully saturated rings. The average molecular weight is 233 g/mol. The number of rotatable bonds is 1. The highest BCUT2D eigenvalue weighted by atomic mass is 16.5. The number of fused-ring (bicyclic) bond motifs is 1. The lowest BCUT2D eigenvalue weighted by Gasteiger charge is -2.39. The van der Waals surface area contributed by atoms with Gasteiger partial charge in [-0.3, -0.25) is 4.79 Å². The van der Waals surface area contributed by atoms with E-state index in [2.05, 4.69) is 0 Å². The van der Waals surface area contributed by atoms with Gasteiger partial charge in [-0.1, -0.05) is 24.3 Å². The largest absolute Gasteiger partial charge is 0.389 e. The fourth-order valence-electron chi connectivity index (χ4n) is 2.40. The molecule has 1 amide bonds. The predicted molar refractivity (Wildman–Crippen MR) is 61.4 cm³/mol. The lowest BCUT2D eigenvalue weighted by molar-refractivity contribution is -0.155. The molecule has 90 valence electrons. The Hall–Kier alpha value is -1.39. The highest BCUT2D eigenvalue weighted by Gasteiger charge is 2.36. The van der Waals surface area contributed by atoms with Crippen molar-refractivity contribution in [3.63, 3.8) is 0 Å². The number of carbonyl (C=O) groups excluding carboxylic acids is 1. The number of ether oxygens (including phenoxy) is 1. The third-order valence-corrected chi connectivity index (χ3v) is 3.39. The molecule has 4 nitrogen and oxygen atoms in total. The fourth-order valence-corrected chi connectivity index (χ4v) is 2.40. The van der Waals surface area contributed by atoms with Crippen LogP contribution in [0.25, 0.3) is 0 Å². The Morgan fingerprint density at radius 1 is 1.35 bits per heavy atom. The SMILES string of the molecule is O=C(C1OCCc2ccccc21)N1CC(O)C1. The summed E-state index contributed by atoms with van der Waals surface area (Å²) in [5.41, 5.74) is 2.17. The third-order valence-electron chi connectivity index (χ3n) is 3.39. The second-order valence-corrected chi connectivity index (χ2v) is 4.60. The zero-order valence-electron chi connectivity index (χ0n) is 9.50. The Kier molecular flexibility index (Phi) is 2.61. The van der Waals surface area contributed by atoms with Gasteiger partial charge in [0.15, 0.2) is 6.10 Å². The van der Waals surface area contributed by atoms with Crippen LogP contribution in [0.2, 0.25) is 0 Å². The second kappa shape index (κ2) is 4.13. The van der Waals surface area contributed by atoms with Gasteiger partial charge >= 0.3 is 0 Å². The number of β-amino-alcohol motifs (C(OH)–C–C–N with tert-alkyl or cyclic N) is 1. The van der Waals surface area contributed by atoms with Crippen molar-refractivity contribution < 1.29 is 14.6 Å². The van der Waals surface area contributed by atoms with E-state index < -0.39 is 6.10 Å². The van der Waals surface area contributed by atoms with Gasteiger partial charge in [0.1, 0.15) is 0 Å². The van der Waals surface area contributed by atoms with Crippen LogP contribution in [-0.4, -0.2) is 41.7 Å². The first kappa shape index (κ1) is 10.7. The topological polar surface area (TPSA) is 49.8 Å². The van der Waals surface area contributed by atoms with Crippen LogP contribution in [0.4, 0.5) is 0 Å². The van der Waals surface area contributed by atoms with Crippen LogP contribution in [0.1, 0.15) is 17.2 Å². The van der Waals surface area contributed by atoms with Crippen LogP contribution in [0.5, 0.6) is 0 Å². The van der Waals surface area contributed by atoms with Gasteiger partial charge in [0.25, 0.3) is 5.91 Å². The van der Waals surface area contributed by atoms with Gasteiger partial charge in [-0.2, -0.15) is 0 Å². The number of aliphatic hydroxyl groups is 1. The molecular formula is C13H15NO3. The number of hydrogen-bond acceptors (Lipinski definition) is 3. The summed E-state index contributed by atoms with van der Waals surface area (Å²) < 4.78 is 5.59. The van der Waals surface area contributed by atoms with Gasteiger partial charge in [-0.05, 0) is 17.5 Å². The highest BCUT2D eigenvalue weighted by molar-refractivity contribution is 5.83. The smallest absolute Gasteiger partial charge is 0.256 e. The molecule has 1 atom stereocenters. The van der Waals surface area contributed by atoms with E-state index in [-0.39, 0.29) is 12.0 Å². The maximum Gasteiger partial charge on any atom is 0.256 e. The van der Waals surface area contributed by atoms with Crippen molar-refractivity contribution in [1.82, 2.24) is 4.90 Å². The van der Waals surface area contributed by atoms with E-state index >= 15 is 0 Å². The van der Waals surface area contributed by atoms with Crippen molar-refractivity contribution in [3.05, 3.63) is 35.4 Å². The third kappa shape index (κ3) is 1.83.